The molecule has 1 heterocycles. The van der Waals surface area contributed by atoms with E-state index in [-0.39, 0.29) is 5.82 Å². The van der Waals surface area contributed by atoms with E-state index < -0.39 is 11.8 Å². The van der Waals surface area contributed by atoms with Gasteiger partial charge in [0.1, 0.15) is 5.82 Å². The lowest BCUT2D eigenvalue weighted by atomic mass is 9.98. The van der Waals surface area contributed by atoms with Crippen LogP contribution in [0.1, 0.15) is 25.8 Å². The van der Waals surface area contributed by atoms with Gasteiger partial charge in [-0.3, -0.25) is 14.7 Å². The van der Waals surface area contributed by atoms with Gasteiger partial charge in [0, 0.05) is 39.3 Å². The number of hydrogen-bond donors (Lipinski definition) is 3. The molecular formula is C22H36FN5O2. The van der Waals surface area contributed by atoms with E-state index in [1.165, 1.54) is 12.1 Å². The molecule has 1 saturated heterocycles. The summed E-state index contributed by atoms with van der Waals surface area (Å²) in [6.45, 7) is 8.99. The quantitative estimate of drug-likeness (QED) is 0.392. The minimum atomic E-state index is -0.417. The predicted octanol–water partition coefficient (Wildman–Crippen LogP) is 1.38. The Bertz CT molecular complexity index is 675. The van der Waals surface area contributed by atoms with Gasteiger partial charge in [-0.05, 0) is 36.5 Å². The van der Waals surface area contributed by atoms with Crippen molar-refractivity contribution in [2.24, 2.45) is 22.6 Å². The summed E-state index contributed by atoms with van der Waals surface area (Å²) in [7, 11) is 1.71. The number of nitrogens with zero attached hydrogens (tertiary/aromatic N) is 2. The third-order valence-corrected chi connectivity index (χ3v) is 5.35. The molecule has 0 radical (unpaired) electrons. The van der Waals surface area contributed by atoms with Crippen LogP contribution in [0.3, 0.4) is 0 Å². The van der Waals surface area contributed by atoms with Gasteiger partial charge < -0.3 is 21.1 Å². The largest absolute Gasteiger partial charge is 0.379 e. The molecule has 1 aromatic carbocycles. The number of guanidine groups is 1. The van der Waals surface area contributed by atoms with Gasteiger partial charge in [-0.2, -0.15) is 0 Å². The fourth-order valence-electron chi connectivity index (χ4n) is 3.68. The van der Waals surface area contributed by atoms with E-state index in [1.54, 1.807) is 19.2 Å². The number of morpholine rings is 1. The molecule has 0 saturated carbocycles. The highest BCUT2D eigenvalue weighted by molar-refractivity contribution is 5.81. The van der Waals surface area contributed by atoms with Crippen molar-refractivity contribution in [3.8, 4) is 0 Å². The predicted molar refractivity (Wildman–Crippen MR) is 118 cm³/mol. The number of hydrogen-bond acceptors (Lipinski definition) is 4. The van der Waals surface area contributed by atoms with Gasteiger partial charge in [-0.1, -0.05) is 26.0 Å². The van der Waals surface area contributed by atoms with Crippen LogP contribution in [0.25, 0.3) is 0 Å². The van der Waals surface area contributed by atoms with Crippen LogP contribution in [-0.2, 0) is 16.0 Å². The number of carbonyl (C=O) groups is 1. The van der Waals surface area contributed by atoms with Gasteiger partial charge in [-0.25, -0.2) is 4.39 Å². The molecule has 1 aliphatic heterocycles. The summed E-state index contributed by atoms with van der Waals surface area (Å²) in [6.07, 6.45) is 1.53. The fraction of sp³-hybridized carbons (Fsp3) is 0.636. The van der Waals surface area contributed by atoms with Crippen LogP contribution in [-0.4, -0.2) is 69.2 Å². The molecule has 0 aromatic heterocycles. The third kappa shape index (κ3) is 8.28. The molecule has 30 heavy (non-hydrogen) atoms. The first-order chi connectivity index (χ1) is 14.4. The standard InChI is InChI=1S/C22H36FN5O2/c1-16(2)12-20(28-8-10-30-11-9-28)15-27-22(25-3)26-14-18(21(24)29)13-17-4-6-19(23)7-5-17/h4-7,16,18,20H,8-15H2,1-3H3,(H2,24,29)(H2,25,26,27). The minimum absolute atomic E-state index is 0.298. The number of benzene rings is 1. The van der Waals surface area contributed by atoms with Gasteiger partial charge in [0.15, 0.2) is 5.96 Å². The van der Waals surface area contributed by atoms with Crippen molar-refractivity contribution in [1.29, 1.82) is 0 Å². The van der Waals surface area contributed by atoms with E-state index in [0.29, 0.717) is 30.9 Å². The van der Waals surface area contributed by atoms with Gasteiger partial charge in [0.25, 0.3) is 0 Å². The average molecular weight is 422 g/mol. The Morgan fingerprint density at radius 1 is 1.20 bits per heavy atom. The summed E-state index contributed by atoms with van der Waals surface area (Å²) in [5, 5.41) is 6.61. The molecule has 2 atom stereocenters. The monoisotopic (exact) mass is 421 g/mol. The van der Waals surface area contributed by atoms with E-state index >= 15 is 0 Å². The zero-order valence-electron chi connectivity index (χ0n) is 18.4. The van der Waals surface area contributed by atoms with Crippen LogP contribution in [0.4, 0.5) is 4.39 Å². The Morgan fingerprint density at radius 3 is 2.40 bits per heavy atom. The maximum absolute atomic E-state index is 13.1. The van der Waals surface area contributed by atoms with Gasteiger partial charge in [0.05, 0.1) is 19.1 Å². The highest BCUT2D eigenvalue weighted by atomic mass is 19.1. The molecule has 1 fully saturated rings. The maximum atomic E-state index is 13.1. The Hall–Kier alpha value is -2.19. The topological polar surface area (TPSA) is 92.0 Å². The second-order valence-corrected chi connectivity index (χ2v) is 8.20. The van der Waals surface area contributed by atoms with E-state index in [1.807, 2.05) is 0 Å². The van der Waals surface area contributed by atoms with E-state index in [4.69, 9.17) is 10.5 Å². The Morgan fingerprint density at radius 2 is 1.83 bits per heavy atom. The summed E-state index contributed by atoms with van der Waals surface area (Å²) < 4.78 is 18.6. The number of nitrogens with one attached hydrogen (secondary N) is 2. The molecule has 1 amide bonds. The molecule has 7 nitrogen and oxygen atoms in total. The first kappa shape index (κ1) is 24.1. The SMILES string of the molecule is CN=C(NCC(Cc1ccc(F)cc1)C(N)=O)NCC(CC(C)C)N1CCOCC1. The summed E-state index contributed by atoms with van der Waals surface area (Å²) >= 11 is 0. The number of halogens is 1. The average Bonchev–Trinajstić information content (AvgIpc) is 2.73. The molecule has 2 unspecified atom stereocenters. The second kappa shape index (κ2) is 12.5. The molecule has 0 bridgehead atoms. The Labute approximate surface area is 179 Å². The van der Waals surface area contributed by atoms with E-state index in [0.717, 1.165) is 44.8 Å². The normalized spacial score (nSPS) is 17.6. The molecule has 0 spiro atoms. The van der Waals surface area contributed by atoms with Crippen molar-refractivity contribution < 1.29 is 13.9 Å². The van der Waals surface area contributed by atoms with E-state index in [2.05, 4.69) is 34.4 Å². The first-order valence-electron chi connectivity index (χ1n) is 10.7. The van der Waals surface area contributed by atoms with Crippen molar-refractivity contribution >= 4 is 11.9 Å². The maximum Gasteiger partial charge on any atom is 0.222 e. The highest BCUT2D eigenvalue weighted by Gasteiger charge is 2.22. The summed E-state index contributed by atoms with van der Waals surface area (Å²) in [5.74, 6) is 0.119. The lowest BCUT2D eigenvalue weighted by Gasteiger charge is -2.35. The zero-order valence-corrected chi connectivity index (χ0v) is 18.4. The van der Waals surface area contributed by atoms with Gasteiger partial charge in [0.2, 0.25) is 5.91 Å². The lowest BCUT2D eigenvalue weighted by Crippen LogP contribution is -2.51. The second-order valence-electron chi connectivity index (χ2n) is 8.20. The molecule has 2 rings (SSSR count). The van der Waals surface area contributed by atoms with Crippen LogP contribution in [0.15, 0.2) is 29.3 Å². The van der Waals surface area contributed by atoms with Gasteiger partial charge >= 0.3 is 0 Å². The number of ether oxygens (including phenoxy) is 1. The van der Waals surface area contributed by atoms with Crippen molar-refractivity contribution in [2.45, 2.75) is 32.7 Å². The first-order valence-corrected chi connectivity index (χ1v) is 10.7. The molecule has 0 aliphatic carbocycles. The van der Waals surface area contributed by atoms with Crippen LogP contribution < -0.4 is 16.4 Å². The summed E-state index contributed by atoms with van der Waals surface area (Å²) in [4.78, 5) is 18.6. The summed E-state index contributed by atoms with van der Waals surface area (Å²) in [6, 6.07) is 6.52. The number of carbonyl (C=O) groups excluding carboxylic acids is 1. The van der Waals surface area contributed by atoms with Crippen molar-refractivity contribution in [3.63, 3.8) is 0 Å². The third-order valence-electron chi connectivity index (χ3n) is 5.35. The molecule has 1 aliphatic rings. The van der Waals surface area contributed by atoms with Crippen molar-refractivity contribution in [1.82, 2.24) is 15.5 Å². The number of primary amides is 1. The lowest BCUT2D eigenvalue weighted by molar-refractivity contribution is -0.121. The van der Waals surface area contributed by atoms with Crippen molar-refractivity contribution in [3.05, 3.63) is 35.6 Å². The van der Waals surface area contributed by atoms with Crippen molar-refractivity contribution in [2.75, 3.05) is 46.4 Å². The Balaban J connectivity index is 1.88. The molecule has 168 valence electrons. The van der Waals surface area contributed by atoms with Gasteiger partial charge in [-0.15, -0.1) is 0 Å². The molecule has 1 aromatic rings. The Kier molecular flexibility index (Phi) is 10.0. The smallest absolute Gasteiger partial charge is 0.222 e. The fourth-order valence-corrected chi connectivity index (χ4v) is 3.68. The molecule has 8 heteroatoms. The molecule has 4 N–H and O–H groups in total. The van der Waals surface area contributed by atoms with Crippen LogP contribution >= 0.6 is 0 Å². The zero-order chi connectivity index (χ0) is 21.9. The number of nitrogens with two attached hydrogens (primary N) is 1. The number of rotatable bonds is 10. The minimum Gasteiger partial charge on any atom is -0.379 e. The summed E-state index contributed by atoms with van der Waals surface area (Å²) in [5.41, 5.74) is 6.45. The van der Waals surface area contributed by atoms with Crippen LogP contribution in [0.2, 0.25) is 0 Å². The van der Waals surface area contributed by atoms with E-state index in [9.17, 15) is 9.18 Å². The van der Waals surface area contributed by atoms with Crippen LogP contribution in [0, 0.1) is 17.7 Å². The number of amides is 1. The highest BCUT2D eigenvalue weighted by Crippen LogP contribution is 2.13. The number of aliphatic imine (C=N–C) groups is 1. The molecular weight excluding hydrogens is 385 g/mol. The van der Waals surface area contributed by atoms with Crippen LogP contribution in [0.5, 0.6) is 0 Å².